The third kappa shape index (κ3) is 4.49. The van der Waals surface area contributed by atoms with Crippen LogP contribution in [0.2, 0.25) is 0 Å². The molecule has 1 heterocycles. The molecule has 1 atom stereocenters. The first kappa shape index (κ1) is 14.8. The summed E-state index contributed by atoms with van der Waals surface area (Å²) < 4.78 is 5.51. The molecule has 1 aromatic rings. The van der Waals surface area contributed by atoms with E-state index < -0.39 is 6.10 Å². The van der Waals surface area contributed by atoms with Gasteiger partial charge in [-0.05, 0) is 24.3 Å². The smallest absolute Gasteiger partial charge is 0.137 e. The van der Waals surface area contributed by atoms with Gasteiger partial charge in [-0.3, -0.25) is 0 Å². The Morgan fingerprint density at radius 2 is 1.95 bits per heavy atom. The van der Waals surface area contributed by atoms with Crippen molar-refractivity contribution in [3.8, 4) is 11.8 Å². The number of ether oxygens (including phenoxy) is 1. The molecule has 0 spiro atoms. The maximum absolute atomic E-state index is 9.97. The van der Waals surface area contributed by atoms with Crippen LogP contribution >= 0.6 is 0 Å². The largest absolute Gasteiger partial charge is 0.491 e. The molecule has 5 heteroatoms. The van der Waals surface area contributed by atoms with Gasteiger partial charge in [-0.1, -0.05) is 0 Å². The Hall–Kier alpha value is -1.61. The van der Waals surface area contributed by atoms with E-state index >= 15 is 0 Å². The quantitative estimate of drug-likeness (QED) is 0.667. The van der Waals surface area contributed by atoms with Crippen LogP contribution in [0.1, 0.15) is 18.4 Å². The number of nitrogens with one attached hydrogen (secondary N) is 1. The summed E-state index contributed by atoms with van der Waals surface area (Å²) in [6.07, 6.45) is 0.915. The Bertz CT molecular complexity index is 447. The lowest BCUT2D eigenvalue weighted by atomic mass is 10.1. The summed E-state index contributed by atoms with van der Waals surface area (Å²) in [6, 6.07) is 8.90. The Balaban J connectivity index is 1.71. The van der Waals surface area contributed by atoms with E-state index in [2.05, 4.69) is 0 Å². The molecule has 0 saturated carbocycles. The second-order valence-corrected chi connectivity index (χ2v) is 5.29. The van der Waals surface area contributed by atoms with Gasteiger partial charge in [0.05, 0.1) is 30.8 Å². The van der Waals surface area contributed by atoms with E-state index in [0.717, 1.165) is 25.9 Å². The highest BCUT2D eigenvalue weighted by Crippen LogP contribution is 2.11. The van der Waals surface area contributed by atoms with Gasteiger partial charge in [0.25, 0.3) is 0 Å². The Morgan fingerprint density at radius 1 is 1.30 bits per heavy atom. The minimum absolute atomic E-state index is 0.175. The van der Waals surface area contributed by atoms with Crippen molar-refractivity contribution in [1.29, 1.82) is 5.26 Å². The number of piperidine rings is 1. The Kier molecular flexibility index (Phi) is 5.36. The Morgan fingerprint density at radius 3 is 2.55 bits per heavy atom. The van der Waals surface area contributed by atoms with Crippen LogP contribution in [0, 0.1) is 11.3 Å². The average molecular weight is 277 g/mol. The van der Waals surface area contributed by atoms with Gasteiger partial charge in [0.15, 0.2) is 0 Å². The number of aliphatic hydroxyl groups is 2. The number of hydrogen-bond donors (Lipinski definition) is 3. The van der Waals surface area contributed by atoms with Gasteiger partial charge in [-0.15, -0.1) is 0 Å². The molecule has 20 heavy (non-hydrogen) atoms. The lowest BCUT2D eigenvalue weighted by Crippen LogP contribution is -3.14. The molecule has 0 radical (unpaired) electrons. The minimum Gasteiger partial charge on any atom is -0.491 e. The van der Waals surface area contributed by atoms with Crippen molar-refractivity contribution in [1.82, 2.24) is 0 Å². The topological polar surface area (TPSA) is 77.9 Å². The molecule has 0 bridgehead atoms. The summed E-state index contributed by atoms with van der Waals surface area (Å²) >= 11 is 0. The van der Waals surface area contributed by atoms with Crippen LogP contribution in [-0.2, 0) is 0 Å². The molecule has 1 saturated heterocycles. The van der Waals surface area contributed by atoms with Crippen molar-refractivity contribution in [3.63, 3.8) is 0 Å². The van der Waals surface area contributed by atoms with Crippen LogP contribution < -0.4 is 9.64 Å². The molecule has 1 fully saturated rings. The minimum atomic E-state index is -0.518. The summed E-state index contributed by atoms with van der Waals surface area (Å²) in [4.78, 5) is 1.31. The summed E-state index contributed by atoms with van der Waals surface area (Å²) in [6.45, 7) is 2.69. The van der Waals surface area contributed by atoms with E-state index in [1.807, 2.05) is 6.07 Å². The number of quaternary nitrogens is 1. The van der Waals surface area contributed by atoms with Crippen molar-refractivity contribution in [2.75, 3.05) is 26.2 Å². The van der Waals surface area contributed by atoms with Gasteiger partial charge in [0, 0.05) is 12.8 Å². The molecule has 0 unspecified atom stereocenters. The molecule has 0 aliphatic carbocycles. The molecule has 1 aromatic carbocycles. The highest BCUT2D eigenvalue weighted by molar-refractivity contribution is 5.34. The molecular formula is C15H21N2O3+. The molecule has 1 aliphatic rings. The van der Waals surface area contributed by atoms with Gasteiger partial charge < -0.3 is 19.8 Å². The predicted octanol–water partition coefficient (Wildman–Crippen LogP) is -0.662. The molecule has 1 aliphatic heterocycles. The number of aliphatic hydroxyl groups excluding tert-OH is 2. The normalized spacial score (nSPS) is 23.9. The zero-order valence-electron chi connectivity index (χ0n) is 11.5. The van der Waals surface area contributed by atoms with Crippen molar-refractivity contribution in [3.05, 3.63) is 29.8 Å². The van der Waals surface area contributed by atoms with Crippen molar-refractivity contribution in [2.45, 2.75) is 25.0 Å². The summed E-state index contributed by atoms with van der Waals surface area (Å²) in [5.74, 6) is 0.659. The highest BCUT2D eigenvalue weighted by atomic mass is 16.5. The second kappa shape index (κ2) is 7.25. The zero-order chi connectivity index (χ0) is 14.4. The van der Waals surface area contributed by atoms with Gasteiger partial charge in [-0.2, -0.15) is 5.26 Å². The van der Waals surface area contributed by atoms with E-state index in [-0.39, 0.29) is 12.7 Å². The Labute approximate surface area is 119 Å². The van der Waals surface area contributed by atoms with Crippen LogP contribution in [0.25, 0.3) is 0 Å². The molecule has 108 valence electrons. The highest BCUT2D eigenvalue weighted by Gasteiger charge is 2.22. The fourth-order valence-electron chi connectivity index (χ4n) is 2.43. The fourth-order valence-corrected chi connectivity index (χ4v) is 2.43. The van der Waals surface area contributed by atoms with E-state index in [9.17, 15) is 10.2 Å². The van der Waals surface area contributed by atoms with Crippen molar-refractivity contribution in [2.24, 2.45) is 0 Å². The van der Waals surface area contributed by atoms with Crippen molar-refractivity contribution >= 4 is 0 Å². The third-order valence-corrected chi connectivity index (χ3v) is 3.61. The van der Waals surface area contributed by atoms with E-state index in [1.165, 1.54) is 4.90 Å². The van der Waals surface area contributed by atoms with Gasteiger partial charge >= 0.3 is 0 Å². The van der Waals surface area contributed by atoms with Crippen LogP contribution in [-0.4, -0.2) is 48.7 Å². The molecule has 2 rings (SSSR count). The van der Waals surface area contributed by atoms with Gasteiger partial charge in [-0.25, -0.2) is 0 Å². The predicted molar refractivity (Wildman–Crippen MR) is 73.5 cm³/mol. The molecule has 0 amide bonds. The lowest BCUT2D eigenvalue weighted by molar-refractivity contribution is -0.909. The zero-order valence-corrected chi connectivity index (χ0v) is 11.5. The first-order valence-electron chi connectivity index (χ1n) is 7.00. The van der Waals surface area contributed by atoms with Gasteiger partial charge in [0.2, 0.25) is 0 Å². The monoisotopic (exact) mass is 277 g/mol. The number of hydrogen-bond acceptors (Lipinski definition) is 4. The van der Waals surface area contributed by atoms with Crippen LogP contribution in [0.15, 0.2) is 24.3 Å². The lowest BCUT2D eigenvalue weighted by Gasteiger charge is -2.28. The van der Waals surface area contributed by atoms with Gasteiger partial charge in [0.1, 0.15) is 25.0 Å². The van der Waals surface area contributed by atoms with E-state index in [4.69, 9.17) is 10.00 Å². The maximum atomic E-state index is 9.97. The van der Waals surface area contributed by atoms with Crippen LogP contribution in [0.3, 0.4) is 0 Å². The summed E-state index contributed by atoms with van der Waals surface area (Å²) in [5.41, 5.74) is 0.592. The number of likely N-dealkylation sites (tertiary alicyclic amines) is 1. The first-order chi connectivity index (χ1) is 9.67. The summed E-state index contributed by atoms with van der Waals surface area (Å²) in [5, 5.41) is 28.1. The number of nitrogens with zero attached hydrogens (tertiary/aromatic N) is 1. The van der Waals surface area contributed by atoms with Crippen LogP contribution in [0.5, 0.6) is 5.75 Å². The second-order valence-electron chi connectivity index (χ2n) is 5.29. The fraction of sp³-hybridized carbons (Fsp3) is 0.533. The van der Waals surface area contributed by atoms with E-state index in [1.54, 1.807) is 24.3 Å². The number of nitriles is 1. The van der Waals surface area contributed by atoms with Crippen LogP contribution in [0.4, 0.5) is 0 Å². The summed E-state index contributed by atoms with van der Waals surface area (Å²) in [7, 11) is 0. The molecular weight excluding hydrogens is 256 g/mol. The average Bonchev–Trinajstić information content (AvgIpc) is 2.48. The standard InChI is InChI=1S/C15H20N2O3/c16-9-12-1-3-15(4-2-12)20-11-14(19)10-17-7-5-13(18)6-8-17/h1-4,13-14,18-19H,5-8,10-11H2/p+1/t14-/m0/s1. The number of rotatable bonds is 5. The first-order valence-corrected chi connectivity index (χ1v) is 7.00. The van der Waals surface area contributed by atoms with E-state index in [0.29, 0.717) is 17.9 Å². The maximum Gasteiger partial charge on any atom is 0.137 e. The SMILES string of the molecule is N#Cc1ccc(OC[C@@H](O)C[NH+]2CCC(O)CC2)cc1. The third-order valence-electron chi connectivity index (χ3n) is 3.61. The van der Waals surface area contributed by atoms with Crippen molar-refractivity contribution < 1.29 is 19.8 Å². The molecule has 0 aromatic heterocycles. The molecule has 5 nitrogen and oxygen atoms in total. The number of benzene rings is 1. The molecule has 3 N–H and O–H groups in total.